The number of hydrogen-bond donors (Lipinski definition) is 2. The van der Waals surface area contributed by atoms with Gasteiger partial charge in [-0.25, -0.2) is 0 Å². The molecule has 1 aromatic heterocycles. The number of rotatable bonds is 7. The predicted molar refractivity (Wildman–Crippen MR) is 110 cm³/mol. The Morgan fingerprint density at radius 3 is 2.71 bits per heavy atom. The third-order valence-electron chi connectivity index (χ3n) is 4.00. The minimum atomic E-state index is -0.287. The van der Waals surface area contributed by atoms with Crippen LogP contribution in [-0.2, 0) is 6.61 Å². The summed E-state index contributed by atoms with van der Waals surface area (Å²) in [5, 5.41) is 12.4. The lowest BCUT2D eigenvalue weighted by Crippen LogP contribution is -2.13. The van der Waals surface area contributed by atoms with Gasteiger partial charge in [0.15, 0.2) is 0 Å². The summed E-state index contributed by atoms with van der Waals surface area (Å²) in [6, 6.07) is 15.7. The van der Waals surface area contributed by atoms with Crippen molar-refractivity contribution in [3.8, 4) is 17.1 Å². The van der Waals surface area contributed by atoms with Gasteiger partial charge in [0, 0.05) is 11.1 Å². The van der Waals surface area contributed by atoms with Gasteiger partial charge < -0.3 is 19.6 Å². The Kier molecular flexibility index (Phi) is 6.39. The molecule has 2 aromatic carbocycles. The molecular formula is C22H22ClNO4. The van der Waals surface area contributed by atoms with Crippen molar-refractivity contribution in [1.29, 1.82) is 0 Å². The number of halogens is 1. The Morgan fingerprint density at radius 2 is 2.00 bits per heavy atom. The molecule has 0 saturated carbocycles. The number of aliphatic hydroxyl groups excluding tert-OH is 1. The summed E-state index contributed by atoms with van der Waals surface area (Å²) in [5.74, 6) is 1.80. The van der Waals surface area contributed by atoms with E-state index in [0.717, 1.165) is 5.56 Å². The van der Waals surface area contributed by atoms with Crippen molar-refractivity contribution in [3.05, 3.63) is 70.9 Å². The van der Waals surface area contributed by atoms with Crippen LogP contribution in [0.15, 0.2) is 59.0 Å². The molecule has 6 heteroatoms. The van der Waals surface area contributed by atoms with E-state index in [1.165, 1.54) is 0 Å². The van der Waals surface area contributed by atoms with Crippen molar-refractivity contribution in [3.63, 3.8) is 0 Å². The molecule has 0 fully saturated rings. The molecule has 28 heavy (non-hydrogen) atoms. The highest BCUT2D eigenvalue weighted by Gasteiger charge is 2.12. The number of carbonyl (C=O) groups is 1. The number of ether oxygens (including phenoxy) is 1. The summed E-state index contributed by atoms with van der Waals surface area (Å²) < 4.78 is 11.2. The second-order valence-corrected chi connectivity index (χ2v) is 7.21. The number of anilines is 1. The quantitative estimate of drug-likeness (QED) is 0.559. The van der Waals surface area contributed by atoms with Crippen LogP contribution in [0.2, 0.25) is 5.02 Å². The van der Waals surface area contributed by atoms with Crippen LogP contribution in [0.1, 0.15) is 30.0 Å². The highest BCUT2D eigenvalue weighted by molar-refractivity contribution is 6.34. The molecule has 3 aromatic rings. The molecule has 1 amide bonds. The van der Waals surface area contributed by atoms with Crippen molar-refractivity contribution < 1.29 is 19.1 Å². The highest BCUT2D eigenvalue weighted by atomic mass is 35.5. The summed E-state index contributed by atoms with van der Waals surface area (Å²) in [4.78, 5) is 12.7. The minimum Gasteiger partial charge on any atom is -0.493 e. The van der Waals surface area contributed by atoms with E-state index in [1.807, 2.05) is 6.07 Å². The maximum Gasteiger partial charge on any atom is 0.255 e. The maximum absolute atomic E-state index is 12.7. The molecule has 1 heterocycles. The van der Waals surface area contributed by atoms with Crippen molar-refractivity contribution in [2.75, 3.05) is 11.9 Å². The zero-order valence-electron chi connectivity index (χ0n) is 15.7. The summed E-state index contributed by atoms with van der Waals surface area (Å²) in [7, 11) is 0. The minimum absolute atomic E-state index is 0.174. The number of benzene rings is 2. The lowest BCUT2D eigenvalue weighted by molar-refractivity contribution is 0.102. The monoisotopic (exact) mass is 399 g/mol. The first-order valence-electron chi connectivity index (χ1n) is 9.00. The largest absolute Gasteiger partial charge is 0.493 e. The first-order chi connectivity index (χ1) is 13.5. The van der Waals surface area contributed by atoms with Gasteiger partial charge in [-0.15, -0.1) is 0 Å². The number of aliphatic hydroxyl groups is 1. The van der Waals surface area contributed by atoms with E-state index in [0.29, 0.717) is 46.1 Å². The molecule has 3 rings (SSSR count). The first-order valence-corrected chi connectivity index (χ1v) is 9.37. The summed E-state index contributed by atoms with van der Waals surface area (Å²) >= 11 is 6.25. The van der Waals surface area contributed by atoms with E-state index in [1.54, 1.807) is 48.5 Å². The summed E-state index contributed by atoms with van der Waals surface area (Å²) in [6.45, 7) is 4.53. The van der Waals surface area contributed by atoms with Crippen molar-refractivity contribution in [2.45, 2.75) is 20.5 Å². The van der Waals surface area contributed by atoms with Gasteiger partial charge in [-0.05, 0) is 54.4 Å². The summed E-state index contributed by atoms with van der Waals surface area (Å²) in [6.07, 6.45) is 0. The highest BCUT2D eigenvalue weighted by Crippen LogP contribution is 2.30. The molecule has 2 N–H and O–H groups in total. The third-order valence-corrected chi connectivity index (χ3v) is 4.33. The average Bonchev–Trinajstić information content (AvgIpc) is 3.17. The smallest absolute Gasteiger partial charge is 0.255 e. The Bertz CT molecular complexity index is 965. The SMILES string of the molecule is CC(C)COc1cccc(C(=O)Nc2cc(-c3ccc(CO)o3)ccc2Cl)c1. The third kappa shape index (κ3) is 4.94. The number of carbonyl (C=O) groups excluding carboxylic acids is 1. The van der Waals surface area contributed by atoms with E-state index in [4.69, 9.17) is 25.9 Å². The Balaban J connectivity index is 1.78. The molecule has 0 unspecified atom stereocenters. The van der Waals surface area contributed by atoms with Crippen molar-refractivity contribution in [1.82, 2.24) is 0 Å². The molecule has 0 spiro atoms. The van der Waals surface area contributed by atoms with Gasteiger partial charge in [0.25, 0.3) is 5.91 Å². The Morgan fingerprint density at radius 1 is 1.18 bits per heavy atom. The van der Waals surface area contributed by atoms with Crippen LogP contribution in [0, 0.1) is 5.92 Å². The Hall–Kier alpha value is -2.76. The van der Waals surface area contributed by atoms with Crippen LogP contribution in [0.3, 0.4) is 0 Å². The van der Waals surface area contributed by atoms with Crippen LogP contribution in [0.4, 0.5) is 5.69 Å². The maximum atomic E-state index is 12.7. The average molecular weight is 400 g/mol. The molecule has 146 valence electrons. The van der Waals surface area contributed by atoms with Crippen molar-refractivity contribution >= 4 is 23.2 Å². The molecule has 0 bridgehead atoms. The lowest BCUT2D eigenvalue weighted by atomic mass is 10.1. The molecular weight excluding hydrogens is 378 g/mol. The molecule has 5 nitrogen and oxygen atoms in total. The zero-order valence-corrected chi connectivity index (χ0v) is 16.5. The fourth-order valence-corrected chi connectivity index (χ4v) is 2.74. The van der Waals surface area contributed by atoms with Crippen LogP contribution in [0.25, 0.3) is 11.3 Å². The van der Waals surface area contributed by atoms with E-state index in [-0.39, 0.29) is 12.5 Å². The van der Waals surface area contributed by atoms with E-state index in [2.05, 4.69) is 19.2 Å². The molecule has 0 atom stereocenters. The first kappa shape index (κ1) is 20.0. The number of furan rings is 1. The van der Waals surface area contributed by atoms with Crippen LogP contribution in [-0.4, -0.2) is 17.6 Å². The Labute approximate surface area is 168 Å². The summed E-state index contributed by atoms with van der Waals surface area (Å²) in [5.41, 5.74) is 1.69. The van der Waals surface area contributed by atoms with Crippen LogP contribution >= 0.6 is 11.6 Å². The molecule has 0 aliphatic heterocycles. The van der Waals surface area contributed by atoms with Crippen molar-refractivity contribution in [2.24, 2.45) is 5.92 Å². The van der Waals surface area contributed by atoms with E-state index >= 15 is 0 Å². The van der Waals surface area contributed by atoms with Gasteiger partial charge in [0.1, 0.15) is 23.9 Å². The molecule has 0 saturated heterocycles. The van der Waals surface area contributed by atoms with Gasteiger partial charge >= 0.3 is 0 Å². The van der Waals surface area contributed by atoms with Gasteiger partial charge in [0.2, 0.25) is 0 Å². The molecule has 0 radical (unpaired) electrons. The van der Waals surface area contributed by atoms with Gasteiger partial charge in [0.05, 0.1) is 17.3 Å². The standard InChI is InChI=1S/C22H22ClNO4/c1-14(2)13-27-17-5-3-4-16(10-17)22(26)24-20-11-15(6-8-19(20)23)21-9-7-18(12-25)28-21/h3-11,14,25H,12-13H2,1-2H3,(H,24,26). The number of nitrogens with one attached hydrogen (secondary N) is 1. The second kappa shape index (κ2) is 8.95. The second-order valence-electron chi connectivity index (χ2n) is 6.81. The van der Waals surface area contributed by atoms with Gasteiger partial charge in [-0.3, -0.25) is 4.79 Å². The molecule has 0 aliphatic rings. The van der Waals surface area contributed by atoms with E-state index < -0.39 is 0 Å². The van der Waals surface area contributed by atoms with E-state index in [9.17, 15) is 4.79 Å². The van der Waals surface area contributed by atoms with Gasteiger partial charge in [-0.1, -0.05) is 31.5 Å². The van der Waals surface area contributed by atoms with Crippen LogP contribution in [0.5, 0.6) is 5.75 Å². The van der Waals surface area contributed by atoms with Gasteiger partial charge in [-0.2, -0.15) is 0 Å². The normalized spacial score (nSPS) is 10.9. The fraction of sp³-hybridized carbons (Fsp3) is 0.227. The predicted octanol–water partition coefficient (Wildman–Crippen LogP) is 5.38. The zero-order chi connectivity index (χ0) is 20.1. The fourth-order valence-electron chi connectivity index (χ4n) is 2.58. The lowest BCUT2D eigenvalue weighted by Gasteiger charge is -2.11. The topological polar surface area (TPSA) is 71.7 Å². The molecule has 0 aliphatic carbocycles. The number of hydrogen-bond acceptors (Lipinski definition) is 4. The number of amides is 1. The van der Waals surface area contributed by atoms with Crippen LogP contribution < -0.4 is 10.1 Å².